The Bertz CT molecular complexity index is 373. The van der Waals surface area contributed by atoms with Gasteiger partial charge in [-0.05, 0) is 0 Å². The van der Waals surface area contributed by atoms with Crippen LogP contribution in [0.2, 0.25) is 0 Å². The normalized spacial score (nSPS) is 20.6. The van der Waals surface area contributed by atoms with Crippen molar-refractivity contribution in [2.45, 2.75) is 33.6 Å². The summed E-state index contributed by atoms with van der Waals surface area (Å²) < 4.78 is 3.37. The molecule has 0 aliphatic heterocycles. The van der Waals surface area contributed by atoms with Crippen LogP contribution in [0.25, 0.3) is 0 Å². The molecule has 0 aromatic carbocycles. The molecular weight excluding hydrogens is 269 g/mol. The third kappa shape index (κ3) is 2.58. The summed E-state index contributed by atoms with van der Waals surface area (Å²) in [6.07, 6.45) is 13.8. The monoisotopic (exact) mass is 288 g/mol. The molecule has 0 nitrogen and oxygen atoms in total. The number of rotatable bonds is 2. The molecule has 0 saturated carbocycles. The van der Waals surface area contributed by atoms with Crippen LogP contribution >= 0.6 is 0 Å². The molecule has 0 spiro atoms. The zero-order valence-corrected chi connectivity index (χ0v) is 11.4. The second-order valence-electron chi connectivity index (χ2n) is 4.98. The molecule has 0 radical (unpaired) electrons. The van der Waals surface area contributed by atoms with Crippen LogP contribution in [0, 0.1) is 5.41 Å². The van der Waals surface area contributed by atoms with E-state index in [1.54, 1.807) is 13.9 Å². The summed E-state index contributed by atoms with van der Waals surface area (Å²) >= 11 is 0.318. The first kappa shape index (κ1) is 11.1. The molecule has 0 saturated heterocycles. The van der Waals surface area contributed by atoms with E-state index in [-0.39, 0.29) is 0 Å². The SMILES string of the molecule is CC(C)(C)C1=[C]([Ru][C]2=CC=CC2)CC=C1. The van der Waals surface area contributed by atoms with Crippen molar-refractivity contribution in [1.82, 2.24) is 0 Å². The zero-order valence-electron chi connectivity index (χ0n) is 9.65. The van der Waals surface area contributed by atoms with Crippen molar-refractivity contribution in [2.75, 3.05) is 0 Å². The van der Waals surface area contributed by atoms with Crippen LogP contribution in [0.3, 0.4) is 0 Å². The molecule has 2 aliphatic rings. The van der Waals surface area contributed by atoms with Crippen molar-refractivity contribution in [1.29, 1.82) is 0 Å². The van der Waals surface area contributed by atoms with E-state index in [1.807, 2.05) is 0 Å². The Labute approximate surface area is 100 Å². The van der Waals surface area contributed by atoms with Gasteiger partial charge in [-0.25, -0.2) is 0 Å². The molecule has 0 aromatic rings. The minimum atomic E-state index is 0.318. The Morgan fingerprint density at radius 3 is 2.53 bits per heavy atom. The number of hydrogen-bond donors (Lipinski definition) is 0. The van der Waals surface area contributed by atoms with Crippen molar-refractivity contribution in [3.63, 3.8) is 0 Å². The molecule has 0 atom stereocenters. The van der Waals surface area contributed by atoms with E-state index in [2.05, 4.69) is 51.2 Å². The maximum atomic E-state index is 2.34. The third-order valence-electron chi connectivity index (χ3n) is 2.61. The van der Waals surface area contributed by atoms with Crippen LogP contribution in [0.1, 0.15) is 33.6 Å². The van der Waals surface area contributed by atoms with Crippen LogP contribution < -0.4 is 0 Å². The topological polar surface area (TPSA) is 0 Å². The molecule has 0 fully saturated rings. The van der Waals surface area contributed by atoms with Gasteiger partial charge in [-0.3, -0.25) is 0 Å². The predicted molar refractivity (Wildman–Crippen MR) is 62.1 cm³/mol. The Morgan fingerprint density at radius 1 is 1.13 bits per heavy atom. The molecule has 0 N–H and O–H groups in total. The van der Waals surface area contributed by atoms with E-state index in [9.17, 15) is 0 Å². The van der Waals surface area contributed by atoms with Crippen LogP contribution in [-0.4, -0.2) is 0 Å². The van der Waals surface area contributed by atoms with E-state index >= 15 is 0 Å². The summed E-state index contributed by atoms with van der Waals surface area (Å²) in [4.78, 5) is 0. The van der Waals surface area contributed by atoms with Gasteiger partial charge in [0.2, 0.25) is 0 Å². The standard InChI is InChI=1S/C9H13.C5H5.Ru/c1-9(2,3)8-6-4-5-7-8;1-2-4-5-3-1;/h4,6H,5H2,1-3H3;1-3H,4H2;. The van der Waals surface area contributed by atoms with Crippen LogP contribution in [0.5, 0.6) is 0 Å². The molecule has 0 aromatic heterocycles. The number of allylic oxidation sites excluding steroid dienone is 8. The van der Waals surface area contributed by atoms with Gasteiger partial charge in [-0.2, -0.15) is 0 Å². The second kappa shape index (κ2) is 4.22. The summed E-state index contributed by atoms with van der Waals surface area (Å²) in [5.41, 5.74) is 1.91. The molecule has 0 amide bonds. The van der Waals surface area contributed by atoms with Gasteiger partial charge in [0.25, 0.3) is 0 Å². The van der Waals surface area contributed by atoms with Crippen LogP contribution in [0.4, 0.5) is 0 Å². The van der Waals surface area contributed by atoms with Crippen molar-refractivity contribution in [3.8, 4) is 0 Å². The fourth-order valence-corrected chi connectivity index (χ4v) is 4.61. The Morgan fingerprint density at radius 2 is 1.93 bits per heavy atom. The van der Waals surface area contributed by atoms with Gasteiger partial charge in [0, 0.05) is 0 Å². The first-order valence-electron chi connectivity index (χ1n) is 5.45. The van der Waals surface area contributed by atoms with E-state index in [1.165, 1.54) is 12.8 Å². The van der Waals surface area contributed by atoms with Gasteiger partial charge in [-0.15, -0.1) is 0 Å². The summed E-state index contributed by atoms with van der Waals surface area (Å²) in [5.74, 6) is 0. The van der Waals surface area contributed by atoms with Gasteiger partial charge in [-0.1, -0.05) is 0 Å². The maximum absolute atomic E-state index is 2.34. The van der Waals surface area contributed by atoms with E-state index in [0.717, 1.165) is 0 Å². The average molecular weight is 287 g/mol. The van der Waals surface area contributed by atoms with Crippen molar-refractivity contribution >= 4 is 0 Å². The molecule has 82 valence electrons. The molecule has 2 rings (SSSR count). The summed E-state index contributed by atoms with van der Waals surface area (Å²) in [6, 6.07) is 0. The quantitative estimate of drug-likeness (QED) is 0.669. The summed E-state index contributed by atoms with van der Waals surface area (Å²) in [6.45, 7) is 6.96. The molecule has 0 heterocycles. The Hall–Kier alpha value is -0.417. The molecule has 0 bridgehead atoms. The first-order chi connectivity index (χ1) is 7.07. The van der Waals surface area contributed by atoms with Crippen LogP contribution in [-0.2, 0) is 17.1 Å². The van der Waals surface area contributed by atoms with Gasteiger partial charge in [0.05, 0.1) is 0 Å². The molecular formula is C14H18Ru. The Balaban J connectivity index is 2.14. The van der Waals surface area contributed by atoms with E-state index in [4.69, 9.17) is 0 Å². The van der Waals surface area contributed by atoms with E-state index in [0.29, 0.717) is 22.5 Å². The van der Waals surface area contributed by atoms with Gasteiger partial charge in [0.15, 0.2) is 0 Å². The zero-order chi connectivity index (χ0) is 10.9. The third-order valence-corrected chi connectivity index (χ3v) is 5.16. The molecule has 0 unspecified atom stereocenters. The van der Waals surface area contributed by atoms with Crippen molar-refractivity contribution in [3.05, 3.63) is 44.3 Å². The fraction of sp³-hybridized carbons (Fsp3) is 0.429. The molecule has 2 aliphatic carbocycles. The summed E-state index contributed by atoms with van der Waals surface area (Å²) in [5, 5.41) is 0. The molecule has 15 heavy (non-hydrogen) atoms. The van der Waals surface area contributed by atoms with E-state index < -0.39 is 0 Å². The number of hydrogen-bond acceptors (Lipinski definition) is 0. The van der Waals surface area contributed by atoms with Gasteiger partial charge >= 0.3 is 100 Å². The van der Waals surface area contributed by atoms with Gasteiger partial charge in [0.1, 0.15) is 0 Å². The first-order valence-corrected chi connectivity index (χ1v) is 7.19. The Kier molecular flexibility index (Phi) is 3.12. The second-order valence-corrected chi connectivity index (χ2v) is 7.58. The fourth-order valence-electron chi connectivity index (χ4n) is 1.83. The van der Waals surface area contributed by atoms with Gasteiger partial charge < -0.3 is 0 Å². The minimum absolute atomic E-state index is 0.318. The average Bonchev–Trinajstić information content (AvgIpc) is 2.73. The van der Waals surface area contributed by atoms with Crippen molar-refractivity contribution in [2.24, 2.45) is 5.41 Å². The van der Waals surface area contributed by atoms with Crippen LogP contribution in [0.15, 0.2) is 44.3 Å². The predicted octanol–water partition coefficient (Wildman–Crippen LogP) is 4.17. The molecule has 1 heteroatoms. The van der Waals surface area contributed by atoms with Crippen molar-refractivity contribution < 1.29 is 17.1 Å². The summed E-state index contributed by atoms with van der Waals surface area (Å²) in [7, 11) is 0.